The van der Waals surface area contributed by atoms with Gasteiger partial charge < -0.3 is 10.5 Å². The highest BCUT2D eigenvalue weighted by atomic mass is 35.5. The van der Waals surface area contributed by atoms with Crippen LogP contribution in [0.5, 0.6) is 11.6 Å². The molecule has 0 amide bonds. The summed E-state index contributed by atoms with van der Waals surface area (Å²) >= 11 is 12.2. The van der Waals surface area contributed by atoms with Crippen LogP contribution in [0.2, 0.25) is 10.0 Å². The van der Waals surface area contributed by atoms with Crippen molar-refractivity contribution in [2.45, 2.75) is 25.7 Å². The lowest BCUT2D eigenvalue weighted by Gasteiger charge is -2.13. The van der Waals surface area contributed by atoms with E-state index in [4.69, 9.17) is 33.7 Å². The summed E-state index contributed by atoms with van der Waals surface area (Å²) in [6.07, 6.45) is 1.61. The number of fused-ring (bicyclic) bond motifs is 1. The molecular formula is C14H13Cl2N3O2. The molecule has 2 aromatic rings. The molecule has 1 heterocycles. The molecule has 0 aliphatic heterocycles. The van der Waals surface area contributed by atoms with Crippen molar-refractivity contribution in [3.63, 3.8) is 0 Å². The molecular weight excluding hydrogens is 313 g/mol. The molecule has 3 rings (SSSR count). The molecule has 0 bridgehead atoms. The molecule has 1 aromatic carbocycles. The maximum absolute atomic E-state index is 11.8. The van der Waals surface area contributed by atoms with Crippen LogP contribution in [0.25, 0.3) is 0 Å². The number of aromatic nitrogens is 2. The number of hydrogen-bond donors (Lipinski definition) is 2. The Hall–Kier alpha value is -1.72. The van der Waals surface area contributed by atoms with Crippen LogP contribution in [0.1, 0.15) is 30.4 Å². The van der Waals surface area contributed by atoms with Crippen molar-refractivity contribution in [2.75, 3.05) is 5.73 Å². The Morgan fingerprint density at radius 3 is 2.71 bits per heavy atom. The van der Waals surface area contributed by atoms with Gasteiger partial charge in [-0.05, 0) is 30.9 Å². The van der Waals surface area contributed by atoms with Crippen molar-refractivity contribution in [1.82, 2.24) is 10.2 Å². The molecule has 3 N–H and O–H groups in total. The predicted molar refractivity (Wildman–Crippen MR) is 82.5 cm³/mol. The van der Waals surface area contributed by atoms with Crippen LogP contribution in [-0.2, 0) is 6.42 Å². The van der Waals surface area contributed by atoms with Gasteiger partial charge >= 0.3 is 0 Å². The Morgan fingerprint density at radius 1 is 1.38 bits per heavy atom. The highest BCUT2D eigenvalue weighted by Crippen LogP contribution is 2.42. The molecule has 1 unspecified atom stereocenters. The van der Waals surface area contributed by atoms with Crippen molar-refractivity contribution in [2.24, 2.45) is 0 Å². The predicted octanol–water partition coefficient (Wildman–Crippen LogP) is 3.50. The summed E-state index contributed by atoms with van der Waals surface area (Å²) in [5, 5.41) is 7.04. The van der Waals surface area contributed by atoms with Crippen molar-refractivity contribution in [3.05, 3.63) is 43.7 Å². The van der Waals surface area contributed by atoms with E-state index in [1.807, 2.05) is 6.92 Å². The lowest BCUT2D eigenvalue weighted by atomic mass is 10.1. The molecule has 5 nitrogen and oxygen atoms in total. The Labute approximate surface area is 131 Å². The molecule has 0 fully saturated rings. The van der Waals surface area contributed by atoms with E-state index in [9.17, 15) is 4.79 Å². The summed E-state index contributed by atoms with van der Waals surface area (Å²) in [7, 11) is 0. The van der Waals surface area contributed by atoms with Gasteiger partial charge in [-0.15, -0.1) is 5.10 Å². The van der Waals surface area contributed by atoms with E-state index in [1.165, 1.54) is 0 Å². The first kappa shape index (κ1) is 14.2. The minimum atomic E-state index is -0.170. The van der Waals surface area contributed by atoms with E-state index in [2.05, 4.69) is 10.2 Å². The van der Waals surface area contributed by atoms with Gasteiger partial charge in [0.2, 0.25) is 5.88 Å². The summed E-state index contributed by atoms with van der Waals surface area (Å²) in [4.78, 5) is 11.8. The van der Waals surface area contributed by atoms with Crippen LogP contribution >= 0.6 is 23.2 Å². The molecule has 1 aromatic heterocycles. The fourth-order valence-corrected chi connectivity index (χ4v) is 3.17. The highest BCUT2D eigenvalue weighted by molar-refractivity contribution is 6.37. The Balaban J connectivity index is 2.09. The summed E-state index contributed by atoms with van der Waals surface area (Å²) in [5.41, 5.74) is 7.49. The van der Waals surface area contributed by atoms with E-state index in [1.54, 1.807) is 12.1 Å². The van der Waals surface area contributed by atoms with Gasteiger partial charge in [-0.3, -0.25) is 4.79 Å². The second kappa shape index (κ2) is 5.24. The van der Waals surface area contributed by atoms with Crippen LogP contribution < -0.4 is 16.0 Å². The van der Waals surface area contributed by atoms with Gasteiger partial charge in [0, 0.05) is 16.8 Å². The Bertz CT molecular complexity index is 750. The van der Waals surface area contributed by atoms with Crippen LogP contribution in [0.3, 0.4) is 0 Å². The van der Waals surface area contributed by atoms with Crippen LogP contribution in [0.15, 0.2) is 16.9 Å². The topological polar surface area (TPSA) is 81.0 Å². The van der Waals surface area contributed by atoms with Crippen molar-refractivity contribution < 1.29 is 4.74 Å². The van der Waals surface area contributed by atoms with Crippen molar-refractivity contribution in [3.8, 4) is 11.6 Å². The zero-order valence-corrected chi connectivity index (χ0v) is 12.8. The van der Waals surface area contributed by atoms with Crippen LogP contribution in [0, 0.1) is 0 Å². The number of aromatic amines is 1. The standard InChI is InChI=1S/C14H13Cl2N3O2/c1-6-2-3-8-11(6)14(19-18-13(8)20)21-12-9(15)4-7(17)5-10(12)16/h4-6H,2-3,17H2,1H3,(H,18,20). The number of rotatable bonds is 2. The molecule has 1 aliphatic rings. The molecule has 0 radical (unpaired) electrons. The molecule has 0 spiro atoms. The number of H-pyrrole nitrogens is 1. The number of nitrogens with two attached hydrogens (primary N) is 1. The first-order chi connectivity index (χ1) is 9.97. The number of ether oxygens (including phenoxy) is 1. The number of nitrogen functional groups attached to an aromatic ring is 1. The van der Waals surface area contributed by atoms with Gasteiger partial charge in [0.25, 0.3) is 5.56 Å². The second-order valence-electron chi connectivity index (χ2n) is 5.11. The quantitative estimate of drug-likeness (QED) is 0.828. The van der Waals surface area contributed by atoms with Gasteiger partial charge in [0.1, 0.15) is 0 Å². The number of nitrogens with zero attached hydrogens (tertiary/aromatic N) is 1. The maximum atomic E-state index is 11.8. The van der Waals surface area contributed by atoms with Gasteiger partial charge in [0.05, 0.1) is 10.0 Å². The minimum absolute atomic E-state index is 0.170. The van der Waals surface area contributed by atoms with E-state index in [-0.39, 0.29) is 17.2 Å². The minimum Gasteiger partial charge on any atom is -0.434 e. The lowest BCUT2D eigenvalue weighted by molar-refractivity contribution is 0.445. The lowest BCUT2D eigenvalue weighted by Crippen LogP contribution is -2.15. The molecule has 0 saturated carbocycles. The van der Waals surface area contributed by atoms with E-state index < -0.39 is 0 Å². The number of benzene rings is 1. The first-order valence-electron chi connectivity index (χ1n) is 6.51. The first-order valence-corrected chi connectivity index (χ1v) is 7.26. The molecule has 110 valence electrons. The fraction of sp³-hybridized carbons (Fsp3) is 0.286. The normalized spacial score (nSPS) is 16.8. The van der Waals surface area contributed by atoms with Gasteiger partial charge in [0.15, 0.2) is 5.75 Å². The average molecular weight is 326 g/mol. The molecule has 1 atom stereocenters. The molecule has 1 aliphatic carbocycles. The van der Waals surface area contributed by atoms with Crippen molar-refractivity contribution >= 4 is 28.9 Å². The summed E-state index contributed by atoms with van der Waals surface area (Å²) in [6.45, 7) is 2.03. The summed E-state index contributed by atoms with van der Waals surface area (Å²) in [6, 6.07) is 3.11. The summed E-state index contributed by atoms with van der Waals surface area (Å²) in [5.74, 6) is 0.827. The number of anilines is 1. The third-order valence-electron chi connectivity index (χ3n) is 3.63. The average Bonchev–Trinajstić information content (AvgIpc) is 2.80. The van der Waals surface area contributed by atoms with Gasteiger partial charge in [-0.25, -0.2) is 5.10 Å². The largest absolute Gasteiger partial charge is 0.434 e. The van der Waals surface area contributed by atoms with Gasteiger partial charge in [-0.1, -0.05) is 30.1 Å². The van der Waals surface area contributed by atoms with Crippen LogP contribution in [0.4, 0.5) is 5.69 Å². The monoisotopic (exact) mass is 325 g/mol. The number of halogens is 2. The molecule has 7 heteroatoms. The third-order valence-corrected chi connectivity index (χ3v) is 4.19. The third kappa shape index (κ3) is 2.47. The fourth-order valence-electron chi connectivity index (χ4n) is 2.59. The van der Waals surface area contributed by atoms with E-state index >= 15 is 0 Å². The van der Waals surface area contributed by atoms with E-state index in [0.717, 1.165) is 17.5 Å². The van der Waals surface area contributed by atoms with Gasteiger partial charge in [-0.2, -0.15) is 0 Å². The Morgan fingerprint density at radius 2 is 2.05 bits per heavy atom. The highest BCUT2D eigenvalue weighted by Gasteiger charge is 2.27. The number of hydrogen-bond acceptors (Lipinski definition) is 4. The second-order valence-corrected chi connectivity index (χ2v) is 5.92. The zero-order valence-electron chi connectivity index (χ0n) is 11.2. The zero-order chi connectivity index (χ0) is 15.1. The summed E-state index contributed by atoms with van der Waals surface area (Å²) < 4.78 is 5.76. The molecule has 0 saturated heterocycles. The van der Waals surface area contributed by atoms with Crippen molar-refractivity contribution in [1.29, 1.82) is 0 Å². The Kier molecular flexibility index (Phi) is 3.55. The number of nitrogens with one attached hydrogen (secondary N) is 1. The van der Waals surface area contributed by atoms with Crippen LogP contribution in [-0.4, -0.2) is 10.2 Å². The smallest absolute Gasteiger partial charge is 0.267 e. The van der Waals surface area contributed by atoms with E-state index in [0.29, 0.717) is 28.0 Å². The SMILES string of the molecule is CC1CCc2c1c(Oc1c(Cl)cc(N)cc1Cl)n[nH]c2=O. The molecule has 21 heavy (non-hydrogen) atoms. The maximum Gasteiger partial charge on any atom is 0.267 e.